The Kier molecular flexibility index (Phi) is 5.10. The second-order valence-corrected chi connectivity index (χ2v) is 5.87. The third-order valence-electron chi connectivity index (χ3n) is 4.12. The number of nitrogens with zero attached hydrogens (tertiary/aromatic N) is 1. The predicted molar refractivity (Wildman–Crippen MR) is 86.7 cm³/mol. The van der Waals surface area contributed by atoms with Gasteiger partial charge in [-0.3, -0.25) is 9.69 Å². The Labute approximate surface area is 136 Å². The van der Waals surface area contributed by atoms with E-state index < -0.39 is 0 Å². The van der Waals surface area contributed by atoms with Gasteiger partial charge in [-0.15, -0.1) is 0 Å². The van der Waals surface area contributed by atoms with Crippen LogP contribution in [-0.4, -0.2) is 36.5 Å². The third-order valence-corrected chi connectivity index (χ3v) is 4.12. The topological polar surface area (TPSA) is 54.7 Å². The first-order valence-corrected chi connectivity index (χ1v) is 7.92. The maximum Gasteiger partial charge on any atom is 0.234 e. The number of furan rings is 1. The molecule has 0 unspecified atom stereocenters. The minimum atomic E-state index is 0.00182. The van der Waals surface area contributed by atoms with E-state index in [2.05, 4.69) is 29.3 Å². The lowest BCUT2D eigenvalue weighted by atomic mass is 10.1. The summed E-state index contributed by atoms with van der Waals surface area (Å²) in [4.78, 5) is 14.3. The van der Waals surface area contributed by atoms with E-state index in [0.29, 0.717) is 19.7 Å². The number of hydrogen-bond donors (Lipinski definition) is 1. The zero-order chi connectivity index (χ0) is 16.1. The molecule has 1 aliphatic heterocycles. The SMILES string of the molecule is C[C@H]1CO[C@H](c2ccccc2)CN1CC(=O)NCc1ccco1. The average Bonchev–Trinajstić information content (AvgIpc) is 3.09. The van der Waals surface area contributed by atoms with E-state index in [9.17, 15) is 4.79 Å². The molecule has 2 heterocycles. The summed E-state index contributed by atoms with van der Waals surface area (Å²) in [6, 6.07) is 14.0. The Morgan fingerprint density at radius 2 is 2.09 bits per heavy atom. The molecule has 2 atom stereocenters. The van der Waals surface area contributed by atoms with Crippen molar-refractivity contribution in [1.82, 2.24) is 10.2 Å². The number of ether oxygens (including phenoxy) is 1. The van der Waals surface area contributed by atoms with Crippen LogP contribution in [0, 0.1) is 0 Å². The van der Waals surface area contributed by atoms with Crippen LogP contribution in [0.1, 0.15) is 24.4 Å². The zero-order valence-corrected chi connectivity index (χ0v) is 13.3. The smallest absolute Gasteiger partial charge is 0.234 e. The van der Waals surface area contributed by atoms with Crippen LogP contribution in [0.2, 0.25) is 0 Å². The molecule has 1 saturated heterocycles. The van der Waals surface area contributed by atoms with Gasteiger partial charge < -0.3 is 14.5 Å². The number of carbonyl (C=O) groups excluding carboxylic acids is 1. The Balaban J connectivity index is 1.54. The molecule has 0 aliphatic carbocycles. The molecule has 122 valence electrons. The van der Waals surface area contributed by atoms with Crippen molar-refractivity contribution in [3.05, 3.63) is 60.1 Å². The Morgan fingerprint density at radius 1 is 1.26 bits per heavy atom. The Morgan fingerprint density at radius 3 is 2.83 bits per heavy atom. The lowest BCUT2D eigenvalue weighted by Crippen LogP contribution is -2.49. The van der Waals surface area contributed by atoms with Crippen molar-refractivity contribution in [2.45, 2.75) is 25.6 Å². The van der Waals surface area contributed by atoms with E-state index in [-0.39, 0.29) is 18.1 Å². The molecule has 1 N–H and O–H groups in total. The minimum Gasteiger partial charge on any atom is -0.467 e. The van der Waals surface area contributed by atoms with Gasteiger partial charge in [0.05, 0.1) is 32.1 Å². The van der Waals surface area contributed by atoms with E-state index in [1.807, 2.05) is 30.3 Å². The predicted octanol–water partition coefficient (Wildman–Crippen LogP) is 2.36. The van der Waals surface area contributed by atoms with Crippen molar-refractivity contribution in [3.8, 4) is 0 Å². The normalized spacial score (nSPS) is 22.0. The maximum absolute atomic E-state index is 12.2. The first-order valence-electron chi connectivity index (χ1n) is 7.92. The molecular formula is C18H22N2O3. The van der Waals surface area contributed by atoms with Gasteiger partial charge in [0.15, 0.2) is 0 Å². The molecule has 3 rings (SSSR count). The summed E-state index contributed by atoms with van der Waals surface area (Å²) < 4.78 is 11.1. The van der Waals surface area contributed by atoms with Crippen molar-refractivity contribution in [2.75, 3.05) is 19.7 Å². The number of hydrogen-bond acceptors (Lipinski definition) is 4. The Bertz CT molecular complexity index is 612. The van der Waals surface area contributed by atoms with Crippen LogP contribution in [0.25, 0.3) is 0 Å². The molecule has 5 nitrogen and oxygen atoms in total. The molecule has 5 heteroatoms. The zero-order valence-electron chi connectivity index (χ0n) is 13.3. The maximum atomic E-state index is 12.2. The van der Waals surface area contributed by atoms with Gasteiger partial charge in [-0.25, -0.2) is 0 Å². The molecule has 2 aromatic rings. The molecule has 0 saturated carbocycles. The van der Waals surface area contributed by atoms with Crippen LogP contribution in [0.15, 0.2) is 53.1 Å². The third kappa shape index (κ3) is 4.21. The summed E-state index contributed by atoms with van der Waals surface area (Å²) in [6.07, 6.45) is 1.63. The highest BCUT2D eigenvalue weighted by Crippen LogP contribution is 2.24. The summed E-state index contributed by atoms with van der Waals surface area (Å²) in [5, 5.41) is 2.89. The molecule has 1 aromatic heterocycles. The Hall–Kier alpha value is -2.11. The number of benzene rings is 1. The van der Waals surface area contributed by atoms with Crippen LogP contribution < -0.4 is 5.32 Å². The summed E-state index contributed by atoms with van der Waals surface area (Å²) in [7, 11) is 0. The first kappa shape index (κ1) is 15.8. The van der Waals surface area contributed by atoms with Crippen LogP contribution in [0.5, 0.6) is 0 Å². The van der Waals surface area contributed by atoms with Gasteiger partial charge in [-0.05, 0) is 24.6 Å². The minimum absolute atomic E-state index is 0.00182. The molecule has 0 spiro atoms. The van der Waals surface area contributed by atoms with Gasteiger partial charge in [-0.2, -0.15) is 0 Å². The molecule has 0 bridgehead atoms. The summed E-state index contributed by atoms with van der Waals surface area (Å²) >= 11 is 0. The largest absolute Gasteiger partial charge is 0.467 e. The average molecular weight is 314 g/mol. The quantitative estimate of drug-likeness (QED) is 0.920. The van der Waals surface area contributed by atoms with Gasteiger partial charge in [0.25, 0.3) is 0 Å². The molecule has 1 fully saturated rings. The van der Waals surface area contributed by atoms with Crippen molar-refractivity contribution in [1.29, 1.82) is 0 Å². The monoisotopic (exact) mass is 314 g/mol. The standard InChI is InChI=1S/C18H22N2O3/c1-14-13-23-17(15-6-3-2-4-7-15)11-20(14)12-18(21)19-10-16-8-5-9-22-16/h2-9,14,17H,10-13H2,1H3,(H,19,21)/t14-,17-/m0/s1. The highest BCUT2D eigenvalue weighted by Gasteiger charge is 2.28. The lowest BCUT2D eigenvalue weighted by Gasteiger charge is -2.37. The van der Waals surface area contributed by atoms with Crippen molar-refractivity contribution in [3.63, 3.8) is 0 Å². The second-order valence-electron chi connectivity index (χ2n) is 5.87. The number of nitrogens with one attached hydrogen (secondary N) is 1. The van der Waals surface area contributed by atoms with E-state index >= 15 is 0 Å². The van der Waals surface area contributed by atoms with Crippen LogP contribution >= 0.6 is 0 Å². The highest BCUT2D eigenvalue weighted by atomic mass is 16.5. The van der Waals surface area contributed by atoms with Crippen molar-refractivity contribution >= 4 is 5.91 Å². The first-order chi connectivity index (χ1) is 11.2. The van der Waals surface area contributed by atoms with Gasteiger partial charge in [0, 0.05) is 12.6 Å². The number of morpholine rings is 1. The fourth-order valence-electron chi connectivity index (χ4n) is 2.74. The molecule has 23 heavy (non-hydrogen) atoms. The summed E-state index contributed by atoms with van der Waals surface area (Å²) in [5.74, 6) is 0.762. The van der Waals surface area contributed by atoms with Crippen molar-refractivity contribution in [2.24, 2.45) is 0 Å². The second kappa shape index (κ2) is 7.44. The number of carbonyl (C=O) groups is 1. The highest BCUT2D eigenvalue weighted by molar-refractivity contribution is 5.78. The summed E-state index contributed by atoms with van der Waals surface area (Å²) in [6.45, 7) is 4.23. The van der Waals surface area contributed by atoms with E-state index in [4.69, 9.17) is 9.15 Å². The molecule has 1 aliphatic rings. The molecule has 0 radical (unpaired) electrons. The van der Waals surface area contributed by atoms with Crippen LogP contribution in [0.3, 0.4) is 0 Å². The van der Waals surface area contributed by atoms with Crippen LogP contribution in [-0.2, 0) is 16.1 Å². The van der Waals surface area contributed by atoms with E-state index in [1.165, 1.54) is 0 Å². The molecule has 1 aromatic carbocycles. The fraction of sp³-hybridized carbons (Fsp3) is 0.389. The summed E-state index contributed by atoms with van der Waals surface area (Å²) in [5.41, 5.74) is 1.15. The van der Waals surface area contributed by atoms with Gasteiger partial charge >= 0.3 is 0 Å². The lowest BCUT2D eigenvalue weighted by molar-refractivity contribution is -0.126. The van der Waals surface area contributed by atoms with Gasteiger partial charge in [0.2, 0.25) is 5.91 Å². The number of amides is 1. The van der Waals surface area contributed by atoms with E-state index in [1.54, 1.807) is 6.26 Å². The van der Waals surface area contributed by atoms with E-state index in [0.717, 1.165) is 17.9 Å². The number of rotatable bonds is 5. The fourth-order valence-corrected chi connectivity index (χ4v) is 2.74. The van der Waals surface area contributed by atoms with Gasteiger partial charge in [0.1, 0.15) is 5.76 Å². The van der Waals surface area contributed by atoms with Gasteiger partial charge in [-0.1, -0.05) is 30.3 Å². The van der Waals surface area contributed by atoms with Crippen LogP contribution in [0.4, 0.5) is 0 Å². The van der Waals surface area contributed by atoms with Crippen molar-refractivity contribution < 1.29 is 13.9 Å². The molecular weight excluding hydrogens is 292 g/mol. The molecule has 1 amide bonds.